The molecule has 1 aromatic heterocycles. The lowest BCUT2D eigenvalue weighted by molar-refractivity contribution is 0.520. The van der Waals surface area contributed by atoms with Crippen molar-refractivity contribution in [2.75, 3.05) is 11.9 Å². The molecule has 0 radical (unpaired) electrons. The second kappa shape index (κ2) is 5.02. The standard InChI is InChI=1S/C10H15F2N3/c1-6(2)9(4-13)15-10-8(12)3-7(11)5-14-10/h3,5-6,9H,4,13H2,1-2H3,(H,14,15). The Morgan fingerprint density at radius 2 is 2.13 bits per heavy atom. The van der Waals surface area contributed by atoms with Crippen molar-refractivity contribution in [1.29, 1.82) is 0 Å². The quantitative estimate of drug-likeness (QED) is 0.804. The molecule has 15 heavy (non-hydrogen) atoms. The van der Waals surface area contributed by atoms with Crippen LogP contribution in [-0.2, 0) is 0 Å². The normalized spacial score (nSPS) is 12.9. The topological polar surface area (TPSA) is 50.9 Å². The summed E-state index contributed by atoms with van der Waals surface area (Å²) in [6, 6.07) is 0.723. The van der Waals surface area contributed by atoms with E-state index >= 15 is 0 Å². The monoisotopic (exact) mass is 215 g/mol. The van der Waals surface area contributed by atoms with Gasteiger partial charge in [-0.1, -0.05) is 13.8 Å². The predicted octanol–water partition coefficient (Wildman–Crippen LogP) is 1.75. The molecule has 0 aliphatic carbocycles. The maximum Gasteiger partial charge on any atom is 0.168 e. The first-order chi connectivity index (χ1) is 7.04. The summed E-state index contributed by atoms with van der Waals surface area (Å²) >= 11 is 0. The van der Waals surface area contributed by atoms with Crippen LogP contribution >= 0.6 is 0 Å². The fraction of sp³-hybridized carbons (Fsp3) is 0.500. The van der Waals surface area contributed by atoms with Crippen molar-refractivity contribution < 1.29 is 8.78 Å². The fourth-order valence-corrected chi connectivity index (χ4v) is 1.19. The fourth-order valence-electron chi connectivity index (χ4n) is 1.19. The first kappa shape index (κ1) is 11.8. The van der Waals surface area contributed by atoms with E-state index < -0.39 is 11.6 Å². The van der Waals surface area contributed by atoms with Gasteiger partial charge in [0.2, 0.25) is 0 Å². The lowest BCUT2D eigenvalue weighted by atomic mass is 10.1. The Kier molecular flexibility index (Phi) is 3.96. The first-order valence-electron chi connectivity index (χ1n) is 4.82. The average Bonchev–Trinajstić information content (AvgIpc) is 2.16. The minimum atomic E-state index is -0.700. The molecule has 0 aliphatic rings. The van der Waals surface area contributed by atoms with Gasteiger partial charge >= 0.3 is 0 Å². The van der Waals surface area contributed by atoms with Gasteiger partial charge in [0.05, 0.1) is 6.20 Å². The molecule has 0 aliphatic heterocycles. The summed E-state index contributed by atoms with van der Waals surface area (Å²) in [5.41, 5.74) is 5.51. The van der Waals surface area contributed by atoms with E-state index in [0.29, 0.717) is 6.54 Å². The summed E-state index contributed by atoms with van der Waals surface area (Å²) in [5, 5.41) is 2.85. The Balaban J connectivity index is 2.79. The van der Waals surface area contributed by atoms with Crippen molar-refractivity contribution in [3.05, 3.63) is 23.9 Å². The van der Waals surface area contributed by atoms with E-state index in [1.807, 2.05) is 13.8 Å². The molecule has 0 aromatic carbocycles. The van der Waals surface area contributed by atoms with Gasteiger partial charge in [-0.15, -0.1) is 0 Å². The lowest BCUT2D eigenvalue weighted by Crippen LogP contribution is -2.34. The minimum Gasteiger partial charge on any atom is -0.363 e. The summed E-state index contributed by atoms with van der Waals surface area (Å²) in [5.74, 6) is -1.09. The Morgan fingerprint density at radius 3 is 2.60 bits per heavy atom. The molecule has 1 atom stereocenters. The molecule has 3 N–H and O–H groups in total. The average molecular weight is 215 g/mol. The molecule has 0 saturated carbocycles. The van der Waals surface area contributed by atoms with Gasteiger partial charge in [-0.05, 0) is 5.92 Å². The molecule has 84 valence electrons. The van der Waals surface area contributed by atoms with E-state index in [4.69, 9.17) is 5.73 Å². The molecule has 0 saturated heterocycles. The number of nitrogens with two attached hydrogens (primary N) is 1. The summed E-state index contributed by atoms with van der Waals surface area (Å²) in [7, 11) is 0. The van der Waals surface area contributed by atoms with Gasteiger partial charge in [0.1, 0.15) is 5.82 Å². The molecule has 0 fully saturated rings. The van der Waals surface area contributed by atoms with E-state index in [2.05, 4.69) is 10.3 Å². The Hall–Kier alpha value is -1.23. The number of hydrogen-bond donors (Lipinski definition) is 2. The Morgan fingerprint density at radius 1 is 1.47 bits per heavy atom. The van der Waals surface area contributed by atoms with E-state index in [1.54, 1.807) is 0 Å². The van der Waals surface area contributed by atoms with Crippen LogP contribution in [0.25, 0.3) is 0 Å². The second-order valence-electron chi connectivity index (χ2n) is 3.71. The van der Waals surface area contributed by atoms with Gasteiger partial charge in [-0.25, -0.2) is 13.8 Å². The molecule has 0 spiro atoms. The van der Waals surface area contributed by atoms with E-state index in [1.165, 1.54) is 0 Å². The number of rotatable bonds is 4. The number of hydrogen-bond acceptors (Lipinski definition) is 3. The van der Waals surface area contributed by atoms with Crippen LogP contribution in [0.15, 0.2) is 12.3 Å². The number of nitrogens with zero attached hydrogens (tertiary/aromatic N) is 1. The molecular formula is C10H15F2N3. The van der Waals surface area contributed by atoms with Gasteiger partial charge in [0.25, 0.3) is 0 Å². The van der Waals surface area contributed by atoms with Crippen LogP contribution in [0, 0.1) is 17.6 Å². The van der Waals surface area contributed by atoms with E-state index in [-0.39, 0.29) is 17.8 Å². The number of halogens is 2. The highest BCUT2D eigenvalue weighted by molar-refractivity contribution is 5.37. The zero-order valence-corrected chi connectivity index (χ0v) is 8.80. The third-order valence-corrected chi connectivity index (χ3v) is 2.19. The number of nitrogens with one attached hydrogen (secondary N) is 1. The van der Waals surface area contributed by atoms with E-state index in [0.717, 1.165) is 12.3 Å². The van der Waals surface area contributed by atoms with Crippen LogP contribution in [0.3, 0.4) is 0 Å². The van der Waals surface area contributed by atoms with Crippen LogP contribution in [0.1, 0.15) is 13.8 Å². The minimum absolute atomic E-state index is 0.0422. The lowest BCUT2D eigenvalue weighted by Gasteiger charge is -2.21. The molecule has 1 rings (SSSR count). The predicted molar refractivity (Wildman–Crippen MR) is 55.5 cm³/mol. The van der Waals surface area contributed by atoms with Gasteiger partial charge in [-0.3, -0.25) is 0 Å². The number of anilines is 1. The van der Waals surface area contributed by atoms with Crippen molar-refractivity contribution >= 4 is 5.82 Å². The van der Waals surface area contributed by atoms with Crippen LogP contribution < -0.4 is 11.1 Å². The van der Waals surface area contributed by atoms with Crippen molar-refractivity contribution in [2.24, 2.45) is 11.7 Å². The highest BCUT2D eigenvalue weighted by Gasteiger charge is 2.14. The molecular weight excluding hydrogens is 200 g/mol. The third kappa shape index (κ3) is 3.13. The molecule has 1 aromatic rings. The smallest absolute Gasteiger partial charge is 0.168 e. The summed E-state index contributed by atoms with van der Waals surface area (Å²) in [4.78, 5) is 3.63. The van der Waals surface area contributed by atoms with Gasteiger partial charge in [0.15, 0.2) is 11.6 Å². The third-order valence-electron chi connectivity index (χ3n) is 2.19. The van der Waals surface area contributed by atoms with Gasteiger partial charge in [-0.2, -0.15) is 0 Å². The molecule has 3 nitrogen and oxygen atoms in total. The highest BCUT2D eigenvalue weighted by atomic mass is 19.1. The Bertz CT molecular complexity index is 328. The summed E-state index contributed by atoms with van der Waals surface area (Å²) in [6.07, 6.45) is 0.972. The summed E-state index contributed by atoms with van der Waals surface area (Å²) in [6.45, 7) is 4.30. The van der Waals surface area contributed by atoms with Crippen LogP contribution in [0.2, 0.25) is 0 Å². The van der Waals surface area contributed by atoms with Crippen LogP contribution in [0.4, 0.5) is 14.6 Å². The van der Waals surface area contributed by atoms with Crippen LogP contribution in [0.5, 0.6) is 0 Å². The van der Waals surface area contributed by atoms with Crippen molar-refractivity contribution in [2.45, 2.75) is 19.9 Å². The van der Waals surface area contributed by atoms with Gasteiger partial charge in [0, 0.05) is 18.7 Å². The molecule has 1 heterocycles. The van der Waals surface area contributed by atoms with E-state index in [9.17, 15) is 8.78 Å². The molecule has 1 unspecified atom stereocenters. The zero-order chi connectivity index (χ0) is 11.4. The van der Waals surface area contributed by atoms with Crippen molar-refractivity contribution in [3.8, 4) is 0 Å². The maximum atomic E-state index is 13.2. The van der Waals surface area contributed by atoms with Crippen LogP contribution in [-0.4, -0.2) is 17.6 Å². The van der Waals surface area contributed by atoms with Crippen molar-refractivity contribution in [3.63, 3.8) is 0 Å². The SMILES string of the molecule is CC(C)C(CN)Nc1ncc(F)cc1F. The summed E-state index contributed by atoms with van der Waals surface area (Å²) < 4.78 is 25.8. The largest absolute Gasteiger partial charge is 0.363 e. The van der Waals surface area contributed by atoms with Gasteiger partial charge < -0.3 is 11.1 Å². The highest BCUT2D eigenvalue weighted by Crippen LogP contribution is 2.14. The molecule has 0 amide bonds. The number of aromatic nitrogens is 1. The first-order valence-corrected chi connectivity index (χ1v) is 4.82. The maximum absolute atomic E-state index is 13.2. The second-order valence-corrected chi connectivity index (χ2v) is 3.71. The van der Waals surface area contributed by atoms with Crippen molar-refractivity contribution in [1.82, 2.24) is 4.98 Å². The number of pyridine rings is 1. The Labute approximate surface area is 87.7 Å². The molecule has 0 bridgehead atoms. The molecule has 5 heteroatoms. The zero-order valence-electron chi connectivity index (χ0n) is 8.80.